The molecule has 2 rings (SSSR count). The zero-order chi connectivity index (χ0) is 14.7. The van der Waals surface area contributed by atoms with Crippen LogP contribution in [-0.2, 0) is 11.2 Å². The van der Waals surface area contributed by atoms with Gasteiger partial charge in [0.05, 0.1) is 22.2 Å². The summed E-state index contributed by atoms with van der Waals surface area (Å²) in [5.74, 6) is -0.965. The van der Waals surface area contributed by atoms with Gasteiger partial charge in [-0.25, -0.2) is 4.39 Å². The first-order valence-corrected chi connectivity index (χ1v) is 6.50. The highest BCUT2D eigenvalue weighted by atomic mass is 35.5. The van der Waals surface area contributed by atoms with Gasteiger partial charge in [-0.2, -0.15) is 0 Å². The number of carbonyl (C=O) groups excluding carboxylic acids is 1. The lowest BCUT2D eigenvalue weighted by molar-refractivity contribution is -0.115. The second-order valence-corrected chi connectivity index (χ2v) is 4.99. The van der Waals surface area contributed by atoms with Gasteiger partial charge in [-0.05, 0) is 29.8 Å². The normalized spacial score (nSPS) is 10.3. The number of benzene rings is 2. The summed E-state index contributed by atoms with van der Waals surface area (Å²) in [7, 11) is 0. The highest BCUT2D eigenvalue weighted by Gasteiger charge is 2.11. The molecular formula is C14H11Cl2FN2O. The molecule has 1 amide bonds. The monoisotopic (exact) mass is 312 g/mol. The van der Waals surface area contributed by atoms with E-state index in [1.165, 1.54) is 18.2 Å². The summed E-state index contributed by atoms with van der Waals surface area (Å²) in [4.78, 5) is 11.9. The van der Waals surface area contributed by atoms with Crippen LogP contribution in [0.2, 0.25) is 10.0 Å². The molecule has 0 aliphatic heterocycles. The van der Waals surface area contributed by atoms with Crippen molar-refractivity contribution in [3.05, 3.63) is 57.8 Å². The van der Waals surface area contributed by atoms with Gasteiger partial charge >= 0.3 is 0 Å². The standard InChI is InChI=1S/C14H11Cl2FN2O/c15-9-5-4-8(6-10(9)16)7-13(20)19-14-11(17)2-1-3-12(14)18/h1-6H,7,18H2,(H,19,20). The van der Waals surface area contributed by atoms with Crippen LogP contribution in [0.1, 0.15) is 5.56 Å². The van der Waals surface area contributed by atoms with Crippen molar-refractivity contribution in [1.29, 1.82) is 0 Å². The number of rotatable bonds is 3. The van der Waals surface area contributed by atoms with Crippen molar-refractivity contribution in [3.63, 3.8) is 0 Å². The predicted molar refractivity (Wildman–Crippen MR) is 79.6 cm³/mol. The highest BCUT2D eigenvalue weighted by molar-refractivity contribution is 6.42. The molecule has 0 bridgehead atoms. The number of anilines is 2. The SMILES string of the molecule is Nc1cccc(F)c1NC(=O)Cc1ccc(Cl)c(Cl)c1. The van der Waals surface area contributed by atoms with E-state index in [2.05, 4.69) is 5.32 Å². The molecule has 0 unspecified atom stereocenters. The lowest BCUT2D eigenvalue weighted by atomic mass is 10.1. The lowest BCUT2D eigenvalue weighted by Crippen LogP contribution is -2.16. The summed E-state index contributed by atoms with van der Waals surface area (Å²) in [6, 6.07) is 9.08. The Labute approximate surface area is 125 Å². The molecule has 0 aliphatic carbocycles. The zero-order valence-electron chi connectivity index (χ0n) is 10.3. The van der Waals surface area contributed by atoms with E-state index in [-0.39, 0.29) is 23.7 Å². The van der Waals surface area contributed by atoms with Gasteiger partial charge in [0, 0.05) is 0 Å². The molecule has 0 heterocycles. The fourth-order valence-corrected chi connectivity index (χ4v) is 2.01. The van der Waals surface area contributed by atoms with Crippen molar-refractivity contribution in [1.82, 2.24) is 0 Å². The van der Waals surface area contributed by atoms with Crippen molar-refractivity contribution >= 4 is 40.5 Å². The molecule has 20 heavy (non-hydrogen) atoms. The number of amides is 1. The summed E-state index contributed by atoms with van der Waals surface area (Å²) >= 11 is 11.7. The maximum atomic E-state index is 13.5. The Hall–Kier alpha value is -1.78. The van der Waals surface area contributed by atoms with Crippen molar-refractivity contribution < 1.29 is 9.18 Å². The zero-order valence-corrected chi connectivity index (χ0v) is 11.8. The Balaban J connectivity index is 2.11. The van der Waals surface area contributed by atoms with E-state index < -0.39 is 5.82 Å². The minimum atomic E-state index is -0.576. The van der Waals surface area contributed by atoms with Gasteiger partial charge in [-0.15, -0.1) is 0 Å². The summed E-state index contributed by atoms with van der Waals surface area (Å²) in [6.07, 6.45) is 0.0463. The van der Waals surface area contributed by atoms with E-state index in [1.54, 1.807) is 18.2 Å². The predicted octanol–water partition coefficient (Wildman–Crippen LogP) is 3.90. The Morgan fingerprint density at radius 3 is 2.60 bits per heavy atom. The molecule has 0 saturated carbocycles. The van der Waals surface area contributed by atoms with Crippen molar-refractivity contribution in [3.8, 4) is 0 Å². The van der Waals surface area contributed by atoms with Crippen LogP contribution in [0, 0.1) is 5.82 Å². The quantitative estimate of drug-likeness (QED) is 0.845. The number of nitrogen functional groups attached to an aromatic ring is 1. The molecule has 2 aromatic carbocycles. The van der Waals surface area contributed by atoms with Gasteiger partial charge < -0.3 is 11.1 Å². The van der Waals surface area contributed by atoms with Crippen LogP contribution in [-0.4, -0.2) is 5.91 Å². The van der Waals surface area contributed by atoms with E-state index in [1.807, 2.05) is 0 Å². The third kappa shape index (κ3) is 3.40. The Kier molecular flexibility index (Phi) is 4.47. The lowest BCUT2D eigenvalue weighted by Gasteiger charge is -2.09. The summed E-state index contributed by atoms with van der Waals surface area (Å²) in [5.41, 5.74) is 6.44. The van der Waals surface area contributed by atoms with Gasteiger partial charge in [0.25, 0.3) is 0 Å². The first kappa shape index (κ1) is 14.6. The average Bonchev–Trinajstić information content (AvgIpc) is 2.38. The molecule has 3 nitrogen and oxygen atoms in total. The van der Waals surface area contributed by atoms with E-state index in [9.17, 15) is 9.18 Å². The molecule has 0 fully saturated rings. The van der Waals surface area contributed by atoms with Crippen LogP contribution in [0.15, 0.2) is 36.4 Å². The van der Waals surface area contributed by atoms with Crippen molar-refractivity contribution in [2.45, 2.75) is 6.42 Å². The van der Waals surface area contributed by atoms with E-state index in [4.69, 9.17) is 28.9 Å². The van der Waals surface area contributed by atoms with Gasteiger partial charge in [0.15, 0.2) is 0 Å². The van der Waals surface area contributed by atoms with E-state index >= 15 is 0 Å². The Morgan fingerprint density at radius 1 is 1.20 bits per heavy atom. The van der Waals surface area contributed by atoms with Gasteiger partial charge in [-0.1, -0.05) is 35.3 Å². The van der Waals surface area contributed by atoms with E-state index in [0.29, 0.717) is 15.6 Å². The number of hydrogen-bond acceptors (Lipinski definition) is 2. The molecule has 3 N–H and O–H groups in total. The number of hydrogen-bond donors (Lipinski definition) is 2. The first-order chi connectivity index (χ1) is 9.47. The smallest absolute Gasteiger partial charge is 0.228 e. The highest BCUT2D eigenvalue weighted by Crippen LogP contribution is 2.24. The third-order valence-electron chi connectivity index (χ3n) is 2.66. The second-order valence-electron chi connectivity index (χ2n) is 4.18. The molecule has 0 saturated heterocycles. The molecule has 0 spiro atoms. The topological polar surface area (TPSA) is 55.1 Å². The molecule has 0 aliphatic rings. The first-order valence-electron chi connectivity index (χ1n) is 5.75. The minimum Gasteiger partial charge on any atom is -0.397 e. The fraction of sp³-hybridized carbons (Fsp3) is 0.0714. The second kappa shape index (κ2) is 6.11. The van der Waals surface area contributed by atoms with Crippen LogP contribution in [0.4, 0.5) is 15.8 Å². The Morgan fingerprint density at radius 2 is 1.95 bits per heavy atom. The van der Waals surface area contributed by atoms with Crippen LogP contribution >= 0.6 is 23.2 Å². The molecule has 0 radical (unpaired) electrons. The van der Waals surface area contributed by atoms with Crippen LogP contribution < -0.4 is 11.1 Å². The van der Waals surface area contributed by atoms with Gasteiger partial charge in [0.1, 0.15) is 11.5 Å². The number of halogens is 3. The van der Waals surface area contributed by atoms with Crippen molar-refractivity contribution in [2.24, 2.45) is 0 Å². The number of nitrogens with two attached hydrogens (primary N) is 1. The molecule has 0 aromatic heterocycles. The number of nitrogens with one attached hydrogen (secondary N) is 1. The molecule has 6 heteroatoms. The summed E-state index contributed by atoms with van der Waals surface area (Å²) < 4.78 is 13.5. The van der Waals surface area contributed by atoms with E-state index in [0.717, 1.165) is 0 Å². The van der Waals surface area contributed by atoms with Gasteiger partial charge in [0.2, 0.25) is 5.91 Å². The Bertz CT molecular complexity index is 641. The maximum Gasteiger partial charge on any atom is 0.228 e. The summed E-state index contributed by atoms with van der Waals surface area (Å²) in [5, 5.41) is 3.22. The molecular weight excluding hydrogens is 302 g/mol. The van der Waals surface area contributed by atoms with Crippen LogP contribution in [0.25, 0.3) is 0 Å². The van der Waals surface area contributed by atoms with Crippen LogP contribution in [0.3, 0.4) is 0 Å². The molecule has 104 valence electrons. The fourth-order valence-electron chi connectivity index (χ4n) is 1.69. The molecule has 2 aromatic rings. The van der Waals surface area contributed by atoms with Crippen molar-refractivity contribution in [2.75, 3.05) is 11.1 Å². The van der Waals surface area contributed by atoms with Crippen LogP contribution in [0.5, 0.6) is 0 Å². The molecule has 0 atom stereocenters. The third-order valence-corrected chi connectivity index (χ3v) is 3.40. The average molecular weight is 313 g/mol. The number of carbonyl (C=O) groups is 1. The largest absolute Gasteiger partial charge is 0.397 e. The maximum absolute atomic E-state index is 13.5. The number of para-hydroxylation sites is 1. The van der Waals surface area contributed by atoms with Gasteiger partial charge in [-0.3, -0.25) is 4.79 Å². The minimum absolute atomic E-state index is 0.0161. The summed E-state index contributed by atoms with van der Waals surface area (Å²) in [6.45, 7) is 0.